The molecule has 0 aliphatic heterocycles. The topological polar surface area (TPSA) is 46.9 Å². The Bertz CT molecular complexity index is 875. The van der Waals surface area contributed by atoms with E-state index in [1.165, 1.54) is 0 Å². The maximum absolute atomic E-state index is 12.3. The first-order chi connectivity index (χ1) is 11.5. The number of carbonyl (C=O) groups excluding carboxylic acids is 1. The van der Waals surface area contributed by atoms with E-state index in [1.54, 1.807) is 41.2 Å². The predicted octanol–water partition coefficient (Wildman–Crippen LogP) is 5.10. The lowest BCUT2D eigenvalue weighted by Gasteiger charge is -2.07. The van der Waals surface area contributed by atoms with Crippen LogP contribution >= 0.6 is 45.8 Å². The lowest BCUT2D eigenvalue weighted by molar-refractivity contribution is 0.102. The molecule has 0 spiro atoms. The molecule has 0 bridgehead atoms. The summed E-state index contributed by atoms with van der Waals surface area (Å²) in [6.07, 6.45) is 1.77. The number of anilines is 1. The molecule has 2 aromatic carbocycles. The monoisotopic (exact) mass is 471 g/mol. The molecule has 0 atom stereocenters. The van der Waals surface area contributed by atoms with E-state index in [1.807, 2.05) is 18.2 Å². The van der Waals surface area contributed by atoms with Crippen LogP contribution in [-0.4, -0.2) is 15.7 Å². The zero-order valence-electron chi connectivity index (χ0n) is 12.3. The van der Waals surface area contributed by atoms with Crippen LogP contribution < -0.4 is 5.32 Å². The highest BCUT2D eigenvalue weighted by atomic mass is 127. The molecule has 0 aliphatic carbocycles. The Morgan fingerprint density at radius 2 is 1.79 bits per heavy atom. The third-order valence-electron chi connectivity index (χ3n) is 3.38. The second-order valence-electron chi connectivity index (χ2n) is 5.03. The van der Waals surface area contributed by atoms with Gasteiger partial charge in [0.15, 0.2) is 5.82 Å². The Morgan fingerprint density at radius 1 is 1.08 bits per heavy atom. The van der Waals surface area contributed by atoms with Gasteiger partial charge in [-0.1, -0.05) is 41.4 Å². The third kappa shape index (κ3) is 3.91. The van der Waals surface area contributed by atoms with E-state index in [9.17, 15) is 4.79 Å². The van der Waals surface area contributed by atoms with Crippen molar-refractivity contribution in [2.45, 2.75) is 6.54 Å². The Balaban J connectivity index is 1.74. The van der Waals surface area contributed by atoms with Crippen LogP contribution in [0.2, 0.25) is 10.0 Å². The quantitative estimate of drug-likeness (QED) is 0.538. The molecule has 3 aromatic rings. The number of halogens is 3. The summed E-state index contributed by atoms with van der Waals surface area (Å²) in [5, 5.41) is 8.31. The smallest absolute Gasteiger partial charge is 0.257 e. The molecule has 0 saturated heterocycles. The van der Waals surface area contributed by atoms with Gasteiger partial charge < -0.3 is 5.32 Å². The minimum Gasteiger partial charge on any atom is -0.305 e. The van der Waals surface area contributed by atoms with Crippen molar-refractivity contribution in [3.05, 3.63) is 79.5 Å². The van der Waals surface area contributed by atoms with Gasteiger partial charge in [-0.2, -0.15) is 5.10 Å². The van der Waals surface area contributed by atoms with E-state index in [0.29, 0.717) is 28.0 Å². The zero-order chi connectivity index (χ0) is 17.1. The van der Waals surface area contributed by atoms with E-state index in [0.717, 1.165) is 9.13 Å². The van der Waals surface area contributed by atoms with Gasteiger partial charge in [-0.3, -0.25) is 9.48 Å². The Labute approximate surface area is 162 Å². The summed E-state index contributed by atoms with van der Waals surface area (Å²) < 4.78 is 2.56. The minimum absolute atomic E-state index is 0.193. The van der Waals surface area contributed by atoms with Crippen LogP contribution in [-0.2, 0) is 6.54 Å². The fourth-order valence-corrected chi connectivity index (χ4v) is 3.34. The molecule has 0 unspecified atom stereocenters. The largest absolute Gasteiger partial charge is 0.305 e. The first kappa shape index (κ1) is 17.3. The van der Waals surface area contributed by atoms with Crippen LogP contribution in [0, 0.1) is 3.57 Å². The average molecular weight is 472 g/mol. The number of rotatable bonds is 4. The van der Waals surface area contributed by atoms with Gasteiger partial charge in [0, 0.05) is 31.4 Å². The number of nitrogens with one attached hydrogen (secondary N) is 1. The van der Waals surface area contributed by atoms with Crippen molar-refractivity contribution in [3.63, 3.8) is 0 Å². The van der Waals surface area contributed by atoms with Crippen LogP contribution in [0.25, 0.3) is 0 Å². The molecule has 122 valence electrons. The van der Waals surface area contributed by atoms with E-state index in [-0.39, 0.29) is 5.91 Å². The summed E-state index contributed by atoms with van der Waals surface area (Å²) in [6, 6.07) is 14.5. The summed E-state index contributed by atoms with van der Waals surface area (Å²) in [5.74, 6) is 0.281. The molecule has 0 fully saturated rings. The maximum Gasteiger partial charge on any atom is 0.257 e. The van der Waals surface area contributed by atoms with Crippen molar-refractivity contribution < 1.29 is 4.79 Å². The van der Waals surface area contributed by atoms with Crippen molar-refractivity contribution in [1.82, 2.24) is 9.78 Å². The Morgan fingerprint density at radius 3 is 2.50 bits per heavy atom. The number of hydrogen-bond donors (Lipinski definition) is 1. The number of carbonyl (C=O) groups is 1. The first-order valence-corrected chi connectivity index (χ1v) is 8.90. The molecule has 1 N–H and O–H groups in total. The molecule has 0 radical (unpaired) electrons. The highest BCUT2D eigenvalue weighted by molar-refractivity contribution is 14.1. The average Bonchev–Trinajstić information content (AvgIpc) is 2.98. The van der Waals surface area contributed by atoms with Gasteiger partial charge in [0.05, 0.1) is 12.1 Å². The van der Waals surface area contributed by atoms with E-state index < -0.39 is 0 Å². The highest BCUT2D eigenvalue weighted by Gasteiger charge is 2.12. The third-order valence-corrected chi connectivity index (χ3v) is 5.03. The lowest BCUT2D eigenvalue weighted by atomic mass is 10.2. The van der Waals surface area contributed by atoms with Crippen molar-refractivity contribution in [2.24, 2.45) is 0 Å². The number of aromatic nitrogens is 2. The Hall–Kier alpha value is -1.57. The molecule has 1 heterocycles. The van der Waals surface area contributed by atoms with Gasteiger partial charge in [-0.05, 0) is 46.9 Å². The van der Waals surface area contributed by atoms with Crippen LogP contribution in [0.5, 0.6) is 0 Å². The molecule has 24 heavy (non-hydrogen) atoms. The summed E-state index contributed by atoms with van der Waals surface area (Å²) in [5.41, 5.74) is 1.40. The van der Waals surface area contributed by atoms with Crippen molar-refractivity contribution in [2.75, 3.05) is 5.32 Å². The van der Waals surface area contributed by atoms with Gasteiger partial charge >= 0.3 is 0 Å². The van der Waals surface area contributed by atoms with E-state index >= 15 is 0 Å². The van der Waals surface area contributed by atoms with Gasteiger partial charge in [-0.25, -0.2) is 0 Å². The fourth-order valence-electron chi connectivity index (χ4n) is 2.19. The van der Waals surface area contributed by atoms with Gasteiger partial charge in [0.1, 0.15) is 0 Å². The molecular weight excluding hydrogens is 460 g/mol. The molecule has 4 nitrogen and oxygen atoms in total. The maximum atomic E-state index is 12.3. The Kier molecular flexibility index (Phi) is 5.43. The molecule has 7 heteroatoms. The molecule has 0 aliphatic rings. The predicted molar refractivity (Wildman–Crippen MR) is 105 cm³/mol. The van der Waals surface area contributed by atoms with Crippen LogP contribution in [0.15, 0.2) is 54.7 Å². The van der Waals surface area contributed by atoms with Crippen LogP contribution in [0.1, 0.15) is 15.9 Å². The summed E-state index contributed by atoms with van der Waals surface area (Å²) >= 11 is 14.5. The van der Waals surface area contributed by atoms with Crippen molar-refractivity contribution in [3.8, 4) is 0 Å². The summed E-state index contributed by atoms with van der Waals surface area (Å²) in [7, 11) is 0. The van der Waals surface area contributed by atoms with E-state index in [4.69, 9.17) is 23.2 Å². The molecule has 1 amide bonds. The van der Waals surface area contributed by atoms with Gasteiger partial charge in [0.25, 0.3) is 5.91 Å². The first-order valence-electron chi connectivity index (χ1n) is 7.07. The van der Waals surface area contributed by atoms with Crippen molar-refractivity contribution in [1.29, 1.82) is 0 Å². The van der Waals surface area contributed by atoms with Crippen LogP contribution in [0.4, 0.5) is 5.82 Å². The number of amides is 1. The summed E-state index contributed by atoms with van der Waals surface area (Å²) in [6.45, 7) is 0.428. The van der Waals surface area contributed by atoms with Crippen molar-refractivity contribution >= 4 is 57.5 Å². The molecule has 3 rings (SSSR count). The SMILES string of the molecule is O=C(Nc1ccn(Cc2c(Cl)cccc2Cl)n1)c1ccccc1I. The van der Waals surface area contributed by atoms with Gasteiger partial charge in [0.2, 0.25) is 0 Å². The van der Waals surface area contributed by atoms with E-state index in [2.05, 4.69) is 33.0 Å². The molecule has 0 saturated carbocycles. The number of nitrogens with zero attached hydrogens (tertiary/aromatic N) is 2. The fraction of sp³-hybridized carbons (Fsp3) is 0.0588. The standard InChI is InChI=1S/C17H12Cl2IN3O/c18-13-5-3-6-14(19)12(13)10-23-9-8-16(22-23)21-17(24)11-4-1-2-7-15(11)20/h1-9H,10H2,(H,21,22,24). The minimum atomic E-state index is -0.193. The molecular formula is C17H12Cl2IN3O. The van der Waals surface area contributed by atoms with Gasteiger partial charge in [-0.15, -0.1) is 0 Å². The number of hydrogen-bond acceptors (Lipinski definition) is 2. The second-order valence-corrected chi connectivity index (χ2v) is 7.01. The van der Waals surface area contributed by atoms with Crippen LogP contribution in [0.3, 0.4) is 0 Å². The number of benzene rings is 2. The lowest BCUT2D eigenvalue weighted by Crippen LogP contribution is -2.14. The highest BCUT2D eigenvalue weighted by Crippen LogP contribution is 2.25. The normalized spacial score (nSPS) is 10.6. The molecule has 1 aromatic heterocycles. The second kappa shape index (κ2) is 7.55. The summed E-state index contributed by atoms with van der Waals surface area (Å²) in [4.78, 5) is 12.3. The zero-order valence-corrected chi connectivity index (χ0v) is 16.0.